The van der Waals surface area contributed by atoms with Crippen LogP contribution in [0.2, 0.25) is 5.15 Å². The molecule has 2 rings (SSSR count). The number of carboxylic acid groups (broad SMARTS) is 1. The average molecular weight is 383 g/mol. The van der Waals surface area contributed by atoms with E-state index in [9.17, 15) is 4.79 Å². The van der Waals surface area contributed by atoms with Crippen LogP contribution in [0.1, 0.15) is 32.1 Å². The highest BCUT2D eigenvalue weighted by atomic mass is 35.5. The van der Waals surface area contributed by atoms with Crippen molar-refractivity contribution in [3.05, 3.63) is 23.6 Å². The van der Waals surface area contributed by atoms with Gasteiger partial charge in [-0.25, -0.2) is 9.97 Å². The third kappa shape index (κ3) is 6.31. The number of aliphatic carboxylic acids is 1. The molecule has 0 saturated heterocycles. The van der Waals surface area contributed by atoms with E-state index in [-0.39, 0.29) is 6.42 Å². The molecule has 7 nitrogen and oxygen atoms in total. The minimum absolute atomic E-state index is 0.210. The molecule has 1 heterocycles. The third-order valence-electron chi connectivity index (χ3n) is 3.74. The van der Waals surface area contributed by atoms with Gasteiger partial charge in [-0.2, -0.15) is 0 Å². The lowest BCUT2D eigenvalue weighted by molar-refractivity contribution is -0.137. The van der Waals surface area contributed by atoms with Crippen LogP contribution >= 0.6 is 11.6 Å². The Morgan fingerprint density at radius 2 is 1.77 bits per heavy atom. The van der Waals surface area contributed by atoms with Gasteiger partial charge in [0.1, 0.15) is 18.1 Å². The zero-order valence-electron chi connectivity index (χ0n) is 14.7. The zero-order valence-corrected chi connectivity index (χ0v) is 15.5. The van der Waals surface area contributed by atoms with Crippen molar-refractivity contribution in [1.29, 1.82) is 0 Å². The van der Waals surface area contributed by atoms with Gasteiger partial charge >= 0.3 is 5.97 Å². The molecule has 0 fully saturated rings. The van der Waals surface area contributed by atoms with Crippen molar-refractivity contribution >= 4 is 28.5 Å². The van der Waals surface area contributed by atoms with Crippen LogP contribution in [0.25, 0.3) is 10.9 Å². The number of carbonyl (C=O) groups is 1. The predicted octanol–water partition coefficient (Wildman–Crippen LogP) is 3.72. The Kier molecular flexibility index (Phi) is 8.37. The summed E-state index contributed by atoms with van der Waals surface area (Å²) in [5.74, 6) is 0.403. The van der Waals surface area contributed by atoms with Gasteiger partial charge in [0.15, 0.2) is 11.5 Å². The summed E-state index contributed by atoms with van der Waals surface area (Å²) in [6.07, 6.45) is 4.90. The summed E-state index contributed by atoms with van der Waals surface area (Å²) in [6, 6.07) is 3.56. The van der Waals surface area contributed by atoms with Gasteiger partial charge in [-0.05, 0) is 18.9 Å². The van der Waals surface area contributed by atoms with Crippen molar-refractivity contribution in [3.63, 3.8) is 0 Å². The molecule has 0 saturated carbocycles. The van der Waals surface area contributed by atoms with Crippen molar-refractivity contribution < 1.29 is 24.1 Å². The molecule has 8 heteroatoms. The number of carboxylic acids is 1. The van der Waals surface area contributed by atoms with Crippen LogP contribution in [0.15, 0.2) is 18.5 Å². The first-order valence-electron chi connectivity index (χ1n) is 8.52. The quantitative estimate of drug-likeness (QED) is 0.441. The molecule has 26 heavy (non-hydrogen) atoms. The van der Waals surface area contributed by atoms with E-state index in [1.54, 1.807) is 19.2 Å². The summed E-state index contributed by atoms with van der Waals surface area (Å²) in [5.41, 5.74) is 0.679. The summed E-state index contributed by atoms with van der Waals surface area (Å²) in [4.78, 5) is 18.7. The van der Waals surface area contributed by atoms with Crippen LogP contribution in [0.5, 0.6) is 11.5 Å². The van der Waals surface area contributed by atoms with Gasteiger partial charge in [-0.1, -0.05) is 24.4 Å². The van der Waals surface area contributed by atoms with Crippen LogP contribution in [-0.2, 0) is 9.53 Å². The van der Waals surface area contributed by atoms with E-state index in [0.717, 1.165) is 19.3 Å². The van der Waals surface area contributed by atoms with Crippen LogP contribution in [0.3, 0.4) is 0 Å². The normalized spacial score (nSPS) is 10.8. The Hall–Kier alpha value is -2.12. The second kappa shape index (κ2) is 10.8. The van der Waals surface area contributed by atoms with Crippen molar-refractivity contribution in [1.82, 2.24) is 9.97 Å². The molecule has 0 atom stereocenters. The molecule has 1 aromatic heterocycles. The fraction of sp³-hybridized carbons (Fsp3) is 0.500. The van der Waals surface area contributed by atoms with Gasteiger partial charge in [0, 0.05) is 25.0 Å². The lowest BCUT2D eigenvalue weighted by Crippen LogP contribution is -2.07. The summed E-state index contributed by atoms with van der Waals surface area (Å²) in [7, 11) is 1.61. The monoisotopic (exact) mass is 382 g/mol. The van der Waals surface area contributed by atoms with Gasteiger partial charge in [0.25, 0.3) is 0 Å². The highest BCUT2D eigenvalue weighted by Gasteiger charge is 2.11. The Morgan fingerprint density at radius 3 is 2.54 bits per heavy atom. The molecule has 2 aromatic rings. The molecule has 0 aliphatic rings. The van der Waals surface area contributed by atoms with Crippen LogP contribution < -0.4 is 9.47 Å². The van der Waals surface area contributed by atoms with Crippen LogP contribution in [-0.4, -0.2) is 48.0 Å². The molecule has 0 aliphatic carbocycles. The van der Waals surface area contributed by atoms with Crippen molar-refractivity contribution in [2.75, 3.05) is 26.9 Å². The zero-order chi connectivity index (χ0) is 18.8. The first-order chi connectivity index (χ1) is 12.6. The van der Waals surface area contributed by atoms with E-state index in [4.69, 9.17) is 30.9 Å². The molecule has 0 radical (unpaired) electrons. The predicted molar refractivity (Wildman–Crippen MR) is 98.1 cm³/mol. The second-order valence-corrected chi connectivity index (χ2v) is 6.09. The number of aromatic nitrogens is 2. The number of rotatable bonds is 12. The third-order valence-corrected chi connectivity index (χ3v) is 4.04. The number of methoxy groups -OCH3 is 1. The number of unbranched alkanes of at least 4 members (excludes halogenated alkanes) is 3. The molecule has 0 bridgehead atoms. The minimum atomic E-state index is -0.755. The largest absolute Gasteiger partial charge is 0.490 e. The highest BCUT2D eigenvalue weighted by Crippen LogP contribution is 2.34. The summed E-state index contributed by atoms with van der Waals surface area (Å²) in [5, 5.41) is 9.68. The van der Waals surface area contributed by atoms with E-state index >= 15 is 0 Å². The van der Waals surface area contributed by atoms with Crippen molar-refractivity contribution in [2.45, 2.75) is 32.1 Å². The molecule has 1 N–H and O–H groups in total. The van der Waals surface area contributed by atoms with Crippen LogP contribution in [0.4, 0.5) is 0 Å². The molecular formula is C18H23ClN2O5. The summed E-state index contributed by atoms with van der Waals surface area (Å²) in [6.45, 7) is 1.36. The molecule has 0 amide bonds. The van der Waals surface area contributed by atoms with Gasteiger partial charge in [0.2, 0.25) is 0 Å². The van der Waals surface area contributed by atoms with Gasteiger partial charge in [0.05, 0.1) is 18.7 Å². The number of fused-ring (bicyclic) bond motifs is 1. The second-order valence-electron chi connectivity index (χ2n) is 5.73. The molecule has 1 aromatic carbocycles. The highest BCUT2D eigenvalue weighted by molar-refractivity contribution is 6.34. The van der Waals surface area contributed by atoms with E-state index < -0.39 is 5.97 Å². The smallest absolute Gasteiger partial charge is 0.303 e. The number of hydrogen-bond acceptors (Lipinski definition) is 6. The Labute approximate surface area is 157 Å². The molecule has 142 valence electrons. The minimum Gasteiger partial charge on any atom is -0.490 e. The Morgan fingerprint density at radius 1 is 1.04 bits per heavy atom. The lowest BCUT2D eigenvalue weighted by atomic mass is 10.1. The molecule has 0 spiro atoms. The number of halogens is 1. The van der Waals surface area contributed by atoms with Crippen molar-refractivity contribution in [2.24, 2.45) is 0 Å². The maximum atomic E-state index is 10.5. The molecule has 0 aliphatic heterocycles. The Balaban J connectivity index is 1.97. The van der Waals surface area contributed by atoms with Gasteiger partial charge in [-0.15, -0.1) is 0 Å². The van der Waals surface area contributed by atoms with E-state index in [1.165, 1.54) is 6.33 Å². The van der Waals surface area contributed by atoms with Crippen molar-refractivity contribution in [3.8, 4) is 11.5 Å². The number of hydrogen-bond donors (Lipinski definition) is 1. The topological polar surface area (TPSA) is 90.8 Å². The molecular weight excluding hydrogens is 360 g/mol. The van der Waals surface area contributed by atoms with E-state index in [2.05, 4.69) is 9.97 Å². The first-order valence-corrected chi connectivity index (χ1v) is 8.90. The maximum absolute atomic E-state index is 10.5. The molecule has 0 unspecified atom stereocenters. The van der Waals surface area contributed by atoms with Gasteiger partial charge < -0.3 is 19.3 Å². The first kappa shape index (κ1) is 20.2. The lowest BCUT2D eigenvalue weighted by Gasteiger charge is -2.14. The standard InChI is InChI=1S/C18H23ClN2O5/c1-24-8-9-26-16-11-14-13(18(19)21-12-20-14)10-15(16)25-7-5-3-2-4-6-17(22)23/h10-12H,2-9H2,1H3,(H,22,23). The fourth-order valence-corrected chi connectivity index (χ4v) is 2.60. The fourth-order valence-electron chi connectivity index (χ4n) is 2.41. The van der Waals surface area contributed by atoms with E-state index in [1.807, 2.05) is 0 Å². The number of benzene rings is 1. The average Bonchev–Trinajstić information content (AvgIpc) is 2.61. The summed E-state index contributed by atoms with van der Waals surface area (Å²) < 4.78 is 16.6. The van der Waals surface area contributed by atoms with E-state index in [0.29, 0.717) is 53.8 Å². The summed E-state index contributed by atoms with van der Waals surface area (Å²) >= 11 is 6.14. The van der Waals surface area contributed by atoms with Gasteiger partial charge in [-0.3, -0.25) is 4.79 Å². The maximum Gasteiger partial charge on any atom is 0.303 e. The number of ether oxygens (including phenoxy) is 3. The Bertz CT molecular complexity index is 726. The SMILES string of the molecule is COCCOc1cc2ncnc(Cl)c2cc1OCCCCCCC(=O)O. The van der Waals surface area contributed by atoms with Crippen LogP contribution in [0, 0.1) is 0 Å². The number of nitrogens with zero attached hydrogens (tertiary/aromatic N) is 2.